The molecule has 0 radical (unpaired) electrons. The van der Waals surface area contributed by atoms with E-state index in [-0.39, 0.29) is 0 Å². The molecule has 20 heavy (non-hydrogen) atoms. The van der Waals surface area contributed by atoms with Crippen LogP contribution in [0.4, 0.5) is 0 Å². The molecule has 3 rings (SSSR count). The highest BCUT2D eigenvalue weighted by Gasteiger charge is 2.38. The van der Waals surface area contributed by atoms with Crippen LogP contribution in [0.2, 0.25) is 0 Å². The summed E-state index contributed by atoms with van der Waals surface area (Å²) in [7, 11) is 0. The minimum atomic E-state index is 0.706. The van der Waals surface area contributed by atoms with E-state index >= 15 is 0 Å². The largest absolute Gasteiger partial charge is 0.311 e. The number of hydrogen-bond acceptors (Lipinski definition) is 3. The predicted molar refractivity (Wildman–Crippen MR) is 85.0 cm³/mol. The Labute approximate surface area is 125 Å². The van der Waals surface area contributed by atoms with Gasteiger partial charge >= 0.3 is 0 Å². The van der Waals surface area contributed by atoms with E-state index in [1.165, 1.54) is 58.3 Å². The van der Waals surface area contributed by atoms with Gasteiger partial charge in [-0.05, 0) is 51.6 Å². The first-order chi connectivity index (χ1) is 9.69. The van der Waals surface area contributed by atoms with Crippen molar-refractivity contribution in [3.63, 3.8) is 0 Å². The van der Waals surface area contributed by atoms with Gasteiger partial charge in [0.05, 0.1) is 0 Å². The third-order valence-electron chi connectivity index (χ3n) is 6.24. The highest BCUT2D eigenvalue weighted by molar-refractivity contribution is 4.95. The average Bonchev–Trinajstić information content (AvgIpc) is 2.94. The van der Waals surface area contributed by atoms with Crippen LogP contribution in [-0.2, 0) is 0 Å². The molecule has 3 heterocycles. The fourth-order valence-electron chi connectivity index (χ4n) is 4.59. The van der Waals surface area contributed by atoms with E-state index in [2.05, 4.69) is 35.9 Å². The van der Waals surface area contributed by atoms with Gasteiger partial charge in [0.15, 0.2) is 0 Å². The normalized spacial score (nSPS) is 41.5. The van der Waals surface area contributed by atoms with Gasteiger partial charge in [-0.2, -0.15) is 0 Å². The molecule has 5 atom stereocenters. The molecule has 3 aliphatic heterocycles. The van der Waals surface area contributed by atoms with Crippen molar-refractivity contribution < 1.29 is 0 Å². The Morgan fingerprint density at radius 1 is 1.20 bits per heavy atom. The maximum absolute atomic E-state index is 3.78. The van der Waals surface area contributed by atoms with E-state index < -0.39 is 0 Å². The standard InChI is InChI=1S/C17H33N3/c1-4-13(2)17-12-20(14(3)11-18-17)16-7-9-19-8-5-6-15(19)10-16/h13-18H,4-12H2,1-3H3. The third kappa shape index (κ3) is 2.90. The van der Waals surface area contributed by atoms with Gasteiger partial charge in [0.1, 0.15) is 0 Å². The second-order valence-electron chi connectivity index (χ2n) is 7.46. The number of piperazine rings is 1. The summed E-state index contributed by atoms with van der Waals surface area (Å²) in [6, 6.07) is 3.17. The molecule has 1 N–H and O–H groups in total. The van der Waals surface area contributed by atoms with Crippen LogP contribution < -0.4 is 5.32 Å². The molecule has 0 amide bonds. The minimum Gasteiger partial charge on any atom is -0.311 e. The highest BCUT2D eigenvalue weighted by atomic mass is 15.3. The van der Waals surface area contributed by atoms with Gasteiger partial charge in [-0.15, -0.1) is 0 Å². The summed E-state index contributed by atoms with van der Waals surface area (Å²) >= 11 is 0. The zero-order valence-electron chi connectivity index (χ0n) is 13.6. The maximum Gasteiger partial charge on any atom is 0.0221 e. The Morgan fingerprint density at radius 2 is 2.05 bits per heavy atom. The van der Waals surface area contributed by atoms with E-state index in [9.17, 15) is 0 Å². The van der Waals surface area contributed by atoms with Crippen molar-refractivity contribution in [3.8, 4) is 0 Å². The molecule has 3 saturated heterocycles. The predicted octanol–water partition coefficient (Wildman–Crippen LogP) is 2.32. The second-order valence-corrected chi connectivity index (χ2v) is 7.46. The molecule has 0 spiro atoms. The lowest BCUT2D eigenvalue weighted by Gasteiger charge is -2.48. The van der Waals surface area contributed by atoms with Gasteiger partial charge in [-0.25, -0.2) is 0 Å². The Morgan fingerprint density at radius 3 is 2.85 bits per heavy atom. The zero-order chi connectivity index (χ0) is 14.1. The number of fused-ring (bicyclic) bond motifs is 1. The summed E-state index contributed by atoms with van der Waals surface area (Å²) in [6.45, 7) is 12.3. The van der Waals surface area contributed by atoms with Crippen molar-refractivity contribution in [2.75, 3.05) is 26.2 Å². The summed E-state index contributed by atoms with van der Waals surface area (Å²) in [5.74, 6) is 0.802. The van der Waals surface area contributed by atoms with Gasteiger partial charge in [-0.3, -0.25) is 4.90 Å². The molecule has 3 aliphatic rings. The van der Waals surface area contributed by atoms with E-state index in [1.807, 2.05) is 0 Å². The number of nitrogens with one attached hydrogen (secondary N) is 1. The van der Waals surface area contributed by atoms with Crippen molar-refractivity contribution in [1.82, 2.24) is 15.1 Å². The Balaban J connectivity index is 1.62. The van der Waals surface area contributed by atoms with Crippen LogP contribution in [0.1, 0.15) is 52.9 Å². The van der Waals surface area contributed by atoms with Crippen LogP contribution in [-0.4, -0.2) is 60.1 Å². The van der Waals surface area contributed by atoms with Crippen molar-refractivity contribution in [3.05, 3.63) is 0 Å². The molecule has 0 aromatic carbocycles. The average molecular weight is 279 g/mol. The molecular weight excluding hydrogens is 246 g/mol. The number of rotatable bonds is 3. The fourth-order valence-corrected chi connectivity index (χ4v) is 4.59. The molecular formula is C17H33N3. The SMILES string of the molecule is CCC(C)C1CN(C2CCN3CCCC3C2)C(C)CN1. The number of piperidine rings is 1. The zero-order valence-corrected chi connectivity index (χ0v) is 13.6. The van der Waals surface area contributed by atoms with Crippen molar-refractivity contribution >= 4 is 0 Å². The van der Waals surface area contributed by atoms with Crippen LogP contribution in [0.15, 0.2) is 0 Å². The first-order valence-electron chi connectivity index (χ1n) is 8.92. The lowest BCUT2D eigenvalue weighted by atomic mass is 9.90. The van der Waals surface area contributed by atoms with Crippen molar-refractivity contribution in [2.24, 2.45) is 5.92 Å². The molecule has 0 aromatic rings. The quantitative estimate of drug-likeness (QED) is 0.855. The lowest BCUT2D eigenvalue weighted by molar-refractivity contribution is 0.0283. The van der Waals surface area contributed by atoms with Crippen LogP contribution in [0.3, 0.4) is 0 Å². The molecule has 116 valence electrons. The summed E-state index contributed by atoms with van der Waals surface area (Å²) in [6.07, 6.45) is 7.00. The van der Waals surface area contributed by atoms with Gasteiger partial charge in [0.2, 0.25) is 0 Å². The molecule has 0 aromatic heterocycles. The van der Waals surface area contributed by atoms with Gasteiger partial charge < -0.3 is 10.2 Å². The first-order valence-corrected chi connectivity index (χ1v) is 8.92. The van der Waals surface area contributed by atoms with Crippen LogP contribution in [0.5, 0.6) is 0 Å². The van der Waals surface area contributed by atoms with Gasteiger partial charge in [0, 0.05) is 37.3 Å². The van der Waals surface area contributed by atoms with Crippen LogP contribution in [0.25, 0.3) is 0 Å². The topological polar surface area (TPSA) is 18.5 Å². The molecule has 3 fully saturated rings. The van der Waals surface area contributed by atoms with Crippen LogP contribution in [0, 0.1) is 5.92 Å². The smallest absolute Gasteiger partial charge is 0.0221 e. The summed E-state index contributed by atoms with van der Waals surface area (Å²) in [4.78, 5) is 5.60. The molecule has 0 saturated carbocycles. The summed E-state index contributed by atoms with van der Waals surface area (Å²) in [5.41, 5.74) is 0. The highest BCUT2D eigenvalue weighted by Crippen LogP contribution is 2.31. The molecule has 5 unspecified atom stereocenters. The molecule has 0 aliphatic carbocycles. The van der Waals surface area contributed by atoms with E-state index in [1.54, 1.807) is 0 Å². The Bertz CT molecular complexity index is 319. The summed E-state index contributed by atoms with van der Waals surface area (Å²) < 4.78 is 0. The Hall–Kier alpha value is -0.120. The van der Waals surface area contributed by atoms with Crippen molar-refractivity contribution in [2.45, 2.75) is 77.0 Å². The van der Waals surface area contributed by atoms with Gasteiger partial charge in [0.25, 0.3) is 0 Å². The maximum atomic E-state index is 3.78. The lowest BCUT2D eigenvalue weighted by Crippen LogP contribution is -2.62. The van der Waals surface area contributed by atoms with E-state index in [4.69, 9.17) is 0 Å². The van der Waals surface area contributed by atoms with E-state index in [0.29, 0.717) is 12.1 Å². The Kier molecular flexibility index (Phi) is 4.68. The first kappa shape index (κ1) is 14.8. The minimum absolute atomic E-state index is 0.706. The molecule has 3 heteroatoms. The van der Waals surface area contributed by atoms with Crippen LogP contribution >= 0.6 is 0 Å². The van der Waals surface area contributed by atoms with Crippen molar-refractivity contribution in [1.29, 1.82) is 0 Å². The monoisotopic (exact) mass is 279 g/mol. The second kappa shape index (κ2) is 6.33. The third-order valence-corrected chi connectivity index (χ3v) is 6.24. The number of nitrogens with zero attached hydrogens (tertiary/aromatic N) is 2. The summed E-state index contributed by atoms with van der Waals surface area (Å²) in [5, 5.41) is 3.78. The number of hydrogen-bond donors (Lipinski definition) is 1. The van der Waals surface area contributed by atoms with E-state index in [0.717, 1.165) is 18.0 Å². The molecule has 3 nitrogen and oxygen atoms in total. The molecule has 0 bridgehead atoms. The van der Waals surface area contributed by atoms with Gasteiger partial charge in [-0.1, -0.05) is 20.3 Å². The fraction of sp³-hybridized carbons (Fsp3) is 1.00.